The summed E-state index contributed by atoms with van der Waals surface area (Å²) in [7, 11) is 0. The van der Waals surface area contributed by atoms with E-state index in [1.54, 1.807) is 60.7 Å². The van der Waals surface area contributed by atoms with Gasteiger partial charge in [-0.15, -0.1) is 0 Å². The second kappa shape index (κ2) is 11.4. The van der Waals surface area contributed by atoms with Gasteiger partial charge in [0.25, 0.3) is 11.8 Å². The SMILES string of the molecule is N#C/C(=C\c1cccc(OCC(=O)Nc2ccc(Cl)c(Cl)c2)c1)C(=O)Nc1ccccc1Cl. The zero-order chi connectivity index (χ0) is 23.8. The van der Waals surface area contributed by atoms with Crippen LogP contribution in [0.15, 0.2) is 72.3 Å². The van der Waals surface area contributed by atoms with E-state index in [-0.39, 0.29) is 12.2 Å². The zero-order valence-corrected chi connectivity index (χ0v) is 19.2. The highest BCUT2D eigenvalue weighted by Crippen LogP contribution is 2.25. The van der Waals surface area contributed by atoms with Gasteiger partial charge in [-0.3, -0.25) is 9.59 Å². The van der Waals surface area contributed by atoms with Crippen LogP contribution >= 0.6 is 34.8 Å². The summed E-state index contributed by atoms with van der Waals surface area (Å²) in [6.07, 6.45) is 1.41. The number of halogens is 3. The Morgan fingerprint density at radius 2 is 1.70 bits per heavy atom. The highest BCUT2D eigenvalue weighted by Gasteiger charge is 2.12. The van der Waals surface area contributed by atoms with E-state index < -0.39 is 11.8 Å². The van der Waals surface area contributed by atoms with Crippen molar-refractivity contribution in [2.45, 2.75) is 0 Å². The van der Waals surface area contributed by atoms with Crippen molar-refractivity contribution in [2.24, 2.45) is 0 Å². The Morgan fingerprint density at radius 3 is 2.42 bits per heavy atom. The van der Waals surface area contributed by atoms with E-state index >= 15 is 0 Å². The maximum absolute atomic E-state index is 12.5. The fourth-order valence-electron chi connectivity index (χ4n) is 2.68. The van der Waals surface area contributed by atoms with Gasteiger partial charge in [0.15, 0.2) is 6.61 Å². The fraction of sp³-hybridized carbons (Fsp3) is 0.0417. The van der Waals surface area contributed by atoms with Crippen LogP contribution in [-0.4, -0.2) is 18.4 Å². The van der Waals surface area contributed by atoms with Gasteiger partial charge in [0, 0.05) is 5.69 Å². The summed E-state index contributed by atoms with van der Waals surface area (Å²) in [4.78, 5) is 24.6. The van der Waals surface area contributed by atoms with Gasteiger partial charge in [-0.1, -0.05) is 59.1 Å². The predicted octanol–water partition coefficient (Wildman–Crippen LogP) is 6.21. The number of nitrogens with zero attached hydrogens (tertiary/aromatic N) is 1. The van der Waals surface area contributed by atoms with Crippen LogP contribution in [0.5, 0.6) is 5.75 Å². The number of ether oxygens (including phenoxy) is 1. The first-order valence-corrected chi connectivity index (χ1v) is 10.6. The van der Waals surface area contributed by atoms with Crippen LogP contribution in [0.4, 0.5) is 11.4 Å². The summed E-state index contributed by atoms with van der Waals surface area (Å²) in [6.45, 7) is -0.258. The third-order valence-corrected chi connectivity index (χ3v) is 5.30. The van der Waals surface area contributed by atoms with Gasteiger partial charge >= 0.3 is 0 Å². The van der Waals surface area contributed by atoms with Gasteiger partial charge in [-0.25, -0.2) is 0 Å². The molecule has 3 aromatic rings. The number of nitriles is 1. The summed E-state index contributed by atoms with van der Waals surface area (Å²) >= 11 is 17.8. The number of benzene rings is 3. The summed E-state index contributed by atoms with van der Waals surface area (Å²) in [6, 6.07) is 19.9. The van der Waals surface area contributed by atoms with Crippen molar-refractivity contribution in [3.63, 3.8) is 0 Å². The first kappa shape index (κ1) is 24.1. The molecule has 33 heavy (non-hydrogen) atoms. The minimum Gasteiger partial charge on any atom is -0.484 e. The monoisotopic (exact) mass is 499 g/mol. The molecule has 0 saturated heterocycles. The van der Waals surface area contributed by atoms with E-state index in [2.05, 4.69) is 10.6 Å². The van der Waals surface area contributed by atoms with Gasteiger partial charge in [0.05, 0.1) is 20.8 Å². The number of para-hydroxylation sites is 1. The average Bonchev–Trinajstić information content (AvgIpc) is 2.80. The number of anilines is 2. The maximum Gasteiger partial charge on any atom is 0.266 e. The lowest BCUT2D eigenvalue weighted by Crippen LogP contribution is -2.20. The number of hydrogen-bond donors (Lipinski definition) is 2. The van der Waals surface area contributed by atoms with Crippen molar-refractivity contribution < 1.29 is 14.3 Å². The molecular formula is C24H16Cl3N3O3. The predicted molar refractivity (Wildman–Crippen MR) is 131 cm³/mol. The average molecular weight is 501 g/mol. The molecule has 9 heteroatoms. The Kier molecular flexibility index (Phi) is 8.34. The molecule has 0 aromatic heterocycles. The van der Waals surface area contributed by atoms with E-state index in [1.807, 2.05) is 6.07 Å². The largest absolute Gasteiger partial charge is 0.484 e. The Labute approximate surface area is 205 Å². The first-order chi connectivity index (χ1) is 15.9. The molecule has 0 bridgehead atoms. The molecule has 0 atom stereocenters. The second-order valence-corrected chi connectivity index (χ2v) is 7.86. The van der Waals surface area contributed by atoms with E-state index in [1.165, 1.54) is 12.1 Å². The molecule has 0 radical (unpaired) electrons. The lowest BCUT2D eigenvalue weighted by Gasteiger charge is -2.09. The molecule has 3 aromatic carbocycles. The number of rotatable bonds is 7. The highest BCUT2D eigenvalue weighted by molar-refractivity contribution is 6.42. The quantitative estimate of drug-likeness (QED) is 0.298. The van der Waals surface area contributed by atoms with Crippen molar-refractivity contribution in [1.82, 2.24) is 0 Å². The first-order valence-electron chi connectivity index (χ1n) is 9.51. The maximum atomic E-state index is 12.5. The second-order valence-electron chi connectivity index (χ2n) is 6.64. The van der Waals surface area contributed by atoms with Crippen LogP contribution in [-0.2, 0) is 9.59 Å². The fourth-order valence-corrected chi connectivity index (χ4v) is 3.16. The van der Waals surface area contributed by atoms with Crippen LogP contribution < -0.4 is 15.4 Å². The lowest BCUT2D eigenvalue weighted by molar-refractivity contribution is -0.118. The topological polar surface area (TPSA) is 91.2 Å². The lowest BCUT2D eigenvalue weighted by atomic mass is 10.1. The number of amides is 2. The molecule has 0 saturated carbocycles. The molecule has 0 fully saturated rings. The Morgan fingerprint density at radius 1 is 0.909 bits per heavy atom. The van der Waals surface area contributed by atoms with Crippen molar-refractivity contribution >= 4 is 64.1 Å². The van der Waals surface area contributed by atoms with Crippen LogP contribution in [0.2, 0.25) is 15.1 Å². The van der Waals surface area contributed by atoms with Gasteiger partial charge in [-0.05, 0) is 54.1 Å². The van der Waals surface area contributed by atoms with Crippen molar-refractivity contribution in [3.05, 3.63) is 92.9 Å². The van der Waals surface area contributed by atoms with Crippen molar-refractivity contribution in [3.8, 4) is 11.8 Å². The van der Waals surface area contributed by atoms with Crippen LogP contribution in [0.1, 0.15) is 5.56 Å². The van der Waals surface area contributed by atoms with Crippen molar-refractivity contribution in [2.75, 3.05) is 17.2 Å². The van der Waals surface area contributed by atoms with E-state index in [0.29, 0.717) is 37.8 Å². The van der Waals surface area contributed by atoms with Gasteiger partial charge < -0.3 is 15.4 Å². The standard InChI is InChI=1S/C24H16Cl3N3O3/c25-19-9-8-17(12-21(19)27)29-23(31)14-33-18-5-3-4-15(11-18)10-16(13-28)24(32)30-22-7-2-1-6-20(22)26/h1-12H,14H2,(H,29,31)(H,30,32)/b16-10+. The number of hydrogen-bond acceptors (Lipinski definition) is 4. The summed E-state index contributed by atoms with van der Waals surface area (Å²) < 4.78 is 5.52. The van der Waals surface area contributed by atoms with Gasteiger partial charge in [0.2, 0.25) is 0 Å². The number of carbonyl (C=O) groups excluding carboxylic acids is 2. The summed E-state index contributed by atoms with van der Waals surface area (Å²) in [5.41, 5.74) is 1.31. The van der Waals surface area contributed by atoms with E-state index in [4.69, 9.17) is 39.5 Å². The van der Waals surface area contributed by atoms with E-state index in [9.17, 15) is 14.9 Å². The van der Waals surface area contributed by atoms with Crippen LogP contribution in [0, 0.1) is 11.3 Å². The van der Waals surface area contributed by atoms with Crippen LogP contribution in [0.25, 0.3) is 6.08 Å². The Bertz CT molecular complexity index is 1270. The molecule has 2 N–H and O–H groups in total. The van der Waals surface area contributed by atoms with Crippen LogP contribution in [0.3, 0.4) is 0 Å². The molecule has 166 valence electrons. The highest BCUT2D eigenvalue weighted by atomic mass is 35.5. The smallest absolute Gasteiger partial charge is 0.266 e. The molecule has 3 rings (SSSR count). The third-order valence-electron chi connectivity index (χ3n) is 4.23. The molecule has 0 aliphatic rings. The number of carbonyl (C=O) groups is 2. The summed E-state index contributed by atoms with van der Waals surface area (Å²) in [5, 5.41) is 15.7. The zero-order valence-electron chi connectivity index (χ0n) is 16.9. The molecule has 0 aliphatic heterocycles. The molecule has 0 unspecified atom stereocenters. The molecule has 6 nitrogen and oxygen atoms in total. The minimum atomic E-state index is -0.599. The normalized spacial score (nSPS) is 10.8. The molecule has 0 heterocycles. The number of nitrogens with one attached hydrogen (secondary N) is 2. The molecule has 0 spiro atoms. The van der Waals surface area contributed by atoms with Crippen molar-refractivity contribution in [1.29, 1.82) is 5.26 Å². The third kappa shape index (κ3) is 6.99. The molecular weight excluding hydrogens is 485 g/mol. The van der Waals surface area contributed by atoms with Gasteiger partial charge in [0.1, 0.15) is 17.4 Å². The van der Waals surface area contributed by atoms with E-state index in [0.717, 1.165) is 0 Å². The molecule has 0 aliphatic carbocycles. The molecule has 2 amide bonds. The minimum absolute atomic E-state index is 0.121. The van der Waals surface area contributed by atoms with Gasteiger partial charge in [-0.2, -0.15) is 5.26 Å². The Hall–Kier alpha value is -3.50. The summed E-state index contributed by atoms with van der Waals surface area (Å²) in [5.74, 6) is -0.610. The Balaban J connectivity index is 1.64.